The van der Waals surface area contributed by atoms with E-state index in [0.29, 0.717) is 29.3 Å². The zero-order valence-corrected chi connectivity index (χ0v) is 14.7. The van der Waals surface area contributed by atoms with Gasteiger partial charge in [0.05, 0.1) is 17.7 Å². The van der Waals surface area contributed by atoms with Crippen molar-refractivity contribution in [2.75, 3.05) is 11.9 Å². The van der Waals surface area contributed by atoms with Crippen LogP contribution in [0, 0.1) is 11.3 Å². The van der Waals surface area contributed by atoms with Crippen molar-refractivity contribution in [3.8, 4) is 6.07 Å². The Hall–Kier alpha value is -3.11. The molecule has 1 aromatic carbocycles. The maximum absolute atomic E-state index is 12.4. The van der Waals surface area contributed by atoms with Gasteiger partial charge in [-0.3, -0.25) is 4.79 Å². The number of aliphatic imine (C=N–C) groups is 1. The highest BCUT2D eigenvalue weighted by Gasteiger charge is 2.32. The molecular weight excluding hydrogens is 354 g/mol. The summed E-state index contributed by atoms with van der Waals surface area (Å²) >= 11 is 6.35. The number of carbonyl (C=O) groups excluding carboxylic acids is 1. The molecule has 2 heterocycles. The fraction of sp³-hybridized carbons (Fsp3) is 0.222. The molecule has 0 spiro atoms. The van der Waals surface area contributed by atoms with Crippen LogP contribution in [0.1, 0.15) is 35.0 Å². The third kappa shape index (κ3) is 3.60. The molecule has 0 bridgehead atoms. The van der Waals surface area contributed by atoms with E-state index >= 15 is 0 Å². The summed E-state index contributed by atoms with van der Waals surface area (Å²) in [5, 5.41) is 12.1. The van der Waals surface area contributed by atoms with Crippen molar-refractivity contribution in [2.24, 2.45) is 10.7 Å². The van der Waals surface area contributed by atoms with Crippen LogP contribution in [-0.4, -0.2) is 23.5 Å². The molecule has 3 N–H and O–H groups in total. The fourth-order valence-electron chi connectivity index (χ4n) is 2.69. The van der Waals surface area contributed by atoms with E-state index in [1.807, 2.05) is 13.0 Å². The summed E-state index contributed by atoms with van der Waals surface area (Å²) in [5.41, 5.74) is 6.97. The van der Waals surface area contributed by atoms with Crippen molar-refractivity contribution in [1.82, 2.24) is 4.98 Å². The van der Waals surface area contributed by atoms with Crippen LogP contribution in [-0.2, 0) is 10.3 Å². The average Bonchev–Trinajstić information content (AvgIpc) is 2.63. The number of pyridine rings is 1. The smallest absolute Gasteiger partial charge is 0.282 e. The van der Waals surface area contributed by atoms with E-state index < -0.39 is 5.54 Å². The van der Waals surface area contributed by atoms with E-state index in [-0.39, 0.29) is 17.6 Å². The number of nitrogens with one attached hydrogen (secondary N) is 1. The Morgan fingerprint density at radius 1 is 1.42 bits per heavy atom. The number of rotatable bonds is 3. The summed E-state index contributed by atoms with van der Waals surface area (Å²) in [7, 11) is 0. The van der Waals surface area contributed by atoms with E-state index in [4.69, 9.17) is 27.3 Å². The first-order valence-electron chi connectivity index (χ1n) is 7.87. The van der Waals surface area contributed by atoms with Gasteiger partial charge < -0.3 is 15.8 Å². The van der Waals surface area contributed by atoms with Crippen LogP contribution in [0.3, 0.4) is 0 Å². The third-order valence-electron chi connectivity index (χ3n) is 4.13. The number of benzene rings is 1. The molecule has 7 nitrogen and oxygen atoms in total. The van der Waals surface area contributed by atoms with E-state index in [0.717, 1.165) is 5.56 Å². The van der Waals surface area contributed by atoms with E-state index in [2.05, 4.69) is 15.3 Å². The molecule has 132 valence electrons. The predicted octanol–water partition coefficient (Wildman–Crippen LogP) is 2.81. The molecule has 0 radical (unpaired) electrons. The monoisotopic (exact) mass is 369 g/mol. The van der Waals surface area contributed by atoms with Crippen LogP contribution >= 0.6 is 11.6 Å². The number of carbonyl (C=O) groups is 1. The van der Waals surface area contributed by atoms with Gasteiger partial charge >= 0.3 is 0 Å². The SMILES string of the molecule is C[C@@]1(c2cc(NC(=O)c3ccc(C#N)cn3)ccc2Cl)CCOC(N)=N1. The maximum atomic E-state index is 12.4. The lowest BCUT2D eigenvalue weighted by Crippen LogP contribution is -2.33. The second-order valence-electron chi connectivity index (χ2n) is 6.02. The second kappa shape index (κ2) is 7.02. The van der Waals surface area contributed by atoms with Gasteiger partial charge in [0, 0.05) is 28.9 Å². The van der Waals surface area contributed by atoms with E-state index in [1.165, 1.54) is 18.3 Å². The molecule has 1 atom stereocenters. The average molecular weight is 370 g/mol. The Morgan fingerprint density at radius 3 is 2.88 bits per heavy atom. The number of nitrogens with zero attached hydrogens (tertiary/aromatic N) is 3. The lowest BCUT2D eigenvalue weighted by Gasteiger charge is -2.31. The van der Waals surface area contributed by atoms with Crippen molar-refractivity contribution < 1.29 is 9.53 Å². The largest absolute Gasteiger partial charge is 0.465 e. The molecule has 0 saturated heterocycles. The van der Waals surface area contributed by atoms with Crippen LogP contribution in [0.2, 0.25) is 5.02 Å². The van der Waals surface area contributed by atoms with Crippen molar-refractivity contribution >= 4 is 29.2 Å². The number of hydrogen-bond donors (Lipinski definition) is 2. The molecule has 0 fully saturated rings. The lowest BCUT2D eigenvalue weighted by molar-refractivity contribution is 0.102. The lowest BCUT2D eigenvalue weighted by atomic mass is 9.88. The van der Waals surface area contributed by atoms with Gasteiger partial charge in [0.25, 0.3) is 11.9 Å². The Balaban J connectivity index is 1.86. The van der Waals surface area contributed by atoms with Gasteiger partial charge in [-0.05, 0) is 37.3 Å². The molecule has 0 unspecified atom stereocenters. The molecule has 0 aliphatic carbocycles. The number of aromatic nitrogens is 1. The van der Waals surface area contributed by atoms with Crippen LogP contribution < -0.4 is 11.1 Å². The summed E-state index contributed by atoms with van der Waals surface area (Å²) in [6, 6.07) is 10.3. The van der Waals surface area contributed by atoms with Crippen LogP contribution in [0.4, 0.5) is 5.69 Å². The van der Waals surface area contributed by atoms with Crippen molar-refractivity contribution in [3.63, 3.8) is 0 Å². The zero-order chi connectivity index (χ0) is 18.7. The maximum Gasteiger partial charge on any atom is 0.282 e. The number of anilines is 1. The summed E-state index contributed by atoms with van der Waals surface area (Å²) in [4.78, 5) is 20.7. The minimum atomic E-state index is -0.632. The van der Waals surface area contributed by atoms with Crippen LogP contribution in [0.5, 0.6) is 0 Å². The summed E-state index contributed by atoms with van der Waals surface area (Å²) < 4.78 is 5.19. The first-order valence-corrected chi connectivity index (χ1v) is 8.25. The van der Waals surface area contributed by atoms with Crippen molar-refractivity contribution in [1.29, 1.82) is 5.26 Å². The van der Waals surface area contributed by atoms with Gasteiger partial charge in [0.2, 0.25) is 0 Å². The molecule has 8 heteroatoms. The number of amides is 1. The number of amidine groups is 1. The molecule has 1 aliphatic heterocycles. The number of ether oxygens (including phenoxy) is 1. The number of nitrogens with two attached hydrogens (primary N) is 1. The molecule has 3 rings (SSSR count). The van der Waals surface area contributed by atoms with Gasteiger partial charge in [0.1, 0.15) is 11.8 Å². The standard InChI is InChI=1S/C18H16ClN5O2/c1-18(6-7-26-17(21)24-18)13-8-12(3-4-14(13)19)23-16(25)15-5-2-11(9-20)10-22-15/h2-5,8,10H,6-7H2,1H3,(H2,21,24)(H,23,25)/t18-/m0/s1. The Morgan fingerprint density at radius 2 is 2.23 bits per heavy atom. The molecule has 0 saturated carbocycles. The molecule has 26 heavy (non-hydrogen) atoms. The second-order valence-corrected chi connectivity index (χ2v) is 6.42. The molecule has 1 aliphatic rings. The van der Waals surface area contributed by atoms with Gasteiger partial charge in [0.15, 0.2) is 0 Å². The topological polar surface area (TPSA) is 113 Å². The highest BCUT2D eigenvalue weighted by Crippen LogP contribution is 2.37. The molecular formula is C18H16ClN5O2. The Labute approximate surface area is 155 Å². The minimum absolute atomic E-state index is 0.117. The normalized spacial score (nSPS) is 19.0. The highest BCUT2D eigenvalue weighted by molar-refractivity contribution is 6.31. The van der Waals surface area contributed by atoms with Gasteiger partial charge in [-0.1, -0.05) is 11.6 Å². The first kappa shape index (κ1) is 17.7. The van der Waals surface area contributed by atoms with Crippen molar-refractivity contribution in [2.45, 2.75) is 18.9 Å². The molecule has 1 aromatic heterocycles. The summed E-state index contributed by atoms with van der Waals surface area (Å²) in [5.74, 6) is -0.386. The number of halogens is 1. The quantitative estimate of drug-likeness (QED) is 0.863. The van der Waals surface area contributed by atoms with E-state index in [1.54, 1.807) is 18.2 Å². The molecule has 1 amide bonds. The van der Waals surface area contributed by atoms with Gasteiger partial charge in [-0.25, -0.2) is 9.98 Å². The van der Waals surface area contributed by atoms with Crippen molar-refractivity contribution in [3.05, 3.63) is 58.4 Å². The zero-order valence-electron chi connectivity index (χ0n) is 14.0. The fourth-order valence-corrected chi connectivity index (χ4v) is 3.01. The highest BCUT2D eigenvalue weighted by atomic mass is 35.5. The number of nitriles is 1. The van der Waals surface area contributed by atoms with Crippen LogP contribution in [0.25, 0.3) is 0 Å². The van der Waals surface area contributed by atoms with Gasteiger partial charge in [-0.2, -0.15) is 5.26 Å². The first-order chi connectivity index (χ1) is 12.4. The number of hydrogen-bond acceptors (Lipinski definition) is 6. The minimum Gasteiger partial charge on any atom is -0.465 e. The van der Waals surface area contributed by atoms with Gasteiger partial charge in [-0.15, -0.1) is 0 Å². The van der Waals surface area contributed by atoms with E-state index in [9.17, 15) is 4.79 Å². The third-order valence-corrected chi connectivity index (χ3v) is 4.46. The Bertz CT molecular complexity index is 920. The Kier molecular flexibility index (Phi) is 4.78. The predicted molar refractivity (Wildman–Crippen MR) is 97.9 cm³/mol. The summed E-state index contributed by atoms with van der Waals surface area (Å²) in [6.07, 6.45) is 1.96. The van der Waals surface area contributed by atoms with Crippen LogP contribution in [0.15, 0.2) is 41.5 Å². The molecule has 2 aromatic rings. The summed E-state index contributed by atoms with van der Waals surface area (Å²) in [6.45, 7) is 2.35.